The van der Waals surface area contributed by atoms with E-state index < -0.39 is 5.97 Å². The standard InChI is InChI=1S/C20H16N2O2/c1-13-16(12-20(23)24)14-6-3-5-9-18(14)22(13)19-10-11-21-17-8-4-2-7-15(17)19/h2-11H,12H2,1H3,(H,23,24). The molecule has 0 aliphatic heterocycles. The van der Waals surface area contributed by atoms with Crippen LogP contribution in [0.5, 0.6) is 0 Å². The van der Waals surface area contributed by atoms with Gasteiger partial charge in [0.05, 0.1) is 23.1 Å². The maximum atomic E-state index is 11.3. The highest BCUT2D eigenvalue weighted by atomic mass is 16.4. The smallest absolute Gasteiger partial charge is 0.307 e. The number of rotatable bonds is 3. The predicted octanol–water partition coefficient (Wildman–Crippen LogP) is 4.11. The summed E-state index contributed by atoms with van der Waals surface area (Å²) >= 11 is 0. The van der Waals surface area contributed by atoms with Crippen molar-refractivity contribution in [1.82, 2.24) is 9.55 Å². The van der Waals surface area contributed by atoms with Crippen LogP contribution >= 0.6 is 0 Å². The van der Waals surface area contributed by atoms with Crippen molar-refractivity contribution in [1.29, 1.82) is 0 Å². The summed E-state index contributed by atoms with van der Waals surface area (Å²) < 4.78 is 2.14. The summed E-state index contributed by atoms with van der Waals surface area (Å²) in [5.74, 6) is -0.819. The van der Waals surface area contributed by atoms with E-state index in [1.807, 2.05) is 61.5 Å². The molecule has 4 heteroatoms. The summed E-state index contributed by atoms with van der Waals surface area (Å²) in [5.41, 5.74) is 4.77. The fourth-order valence-corrected chi connectivity index (χ4v) is 3.39. The number of nitrogens with zero attached hydrogens (tertiary/aromatic N) is 2. The maximum absolute atomic E-state index is 11.3. The highest BCUT2D eigenvalue weighted by molar-refractivity contribution is 5.94. The molecule has 0 atom stereocenters. The molecule has 0 unspecified atom stereocenters. The lowest BCUT2D eigenvalue weighted by Gasteiger charge is -2.11. The minimum atomic E-state index is -0.819. The van der Waals surface area contributed by atoms with Gasteiger partial charge < -0.3 is 9.67 Å². The van der Waals surface area contributed by atoms with Crippen molar-refractivity contribution < 1.29 is 9.90 Å². The van der Waals surface area contributed by atoms with Crippen LogP contribution in [0, 0.1) is 6.92 Å². The van der Waals surface area contributed by atoms with Crippen LogP contribution in [0.15, 0.2) is 60.8 Å². The summed E-state index contributed by atoms with van der Waals surface area (Å²) in [7, 11) is 0. The predicted molar refractivity (Wildman–Crippen MR) is 94.7 cm³/mol. The first kappa shape index (κ1) is 14.5. The number of hydrogen-bond acceptors (Lipinski definition) is 2. The quantitative estimate of drug-likeness (QED) is 0.619. The molecule has 1 N–H and O–H groups in total. The summed E-state index contributed by atoms with van der Waals surface area (Å²) in [4.78, 5) is 15.7. The van der Waals surface area contributed by atoms with E-state index in [1.165, 1.54) is 0 Å². The molecule has 0 aliphatic rings. The first-order valence-electron chi connectivity index (χ1n) is 7.81. The fraction of sp³-hybridized carbons (Fsp3) is 0.100. The van der Waals surface area contributed by atoms with Crippen LogP contribution < -0.4 is 0 Å². The third-order valence-electron chi connectivity index (χ3n) is 4.44. The molecule has 2 heterocycles. The number of aliphatic carboxylic acids is 1. The summed E-state index contributed by atoms with van der Waals surface area (Å²) in [6, 6.07) is 17.9. The molecule has 118 valence electrons. The van der Waals surface area contributed by atoms with Gasteiger partial charge in [0.25, 0.3) is 0 Å². The van der Waals surface area contributed by atoms with Gasteiger partial charge in [0.15, 0.2) is 0 Å². The van der Waals surface area contributed by atoms with Crippen LogP contribution in [0.25, 0.3) is 27.5 Å². The Morgan fingerprint density at radius 1 is 1.04 bits per heavy atom. The zero-order chi connectivity index (χ0) is 16.7. The molecule has 0 fully saturated rings. The molecule has 4 nitrogen and oxygen atoms in total. The average molecular weight is 316 g/mol. The zero-order valence-corrected chi connectivity index (χ0v) is 13.2. The Hall–Kier alpha value is -3.14. The van der Waals surface area contributed by atoms with E-state index in [1.54, 1.807) is 6.20 Å². The molecule has 4 aromatic rings. The Labute approximate surface area is 139 Å². The third kappa shape index (κ3) is 2.15. The molecule has 0 saturated carbocycles. The Kier molecular flexibility index (Phi) is 3.31. The van der Waals surface area contributed by atoms with Crippen molar-refractivity contribution in [2.75, 3.05) is 0 Å². The Bertz CT molecular complexity index is 1070. The minimum Gasteiger partial charge on any atom is -0.481 e. The number of aromatic nitrogens is 2. The largest absolute Gasteiger partial charge is 0.481 e. The third-order valence-corrected chi connectivity index (χ3v) is 4.44. The number of hydrogen-bond donors (Lipinski definition) is 1. The summed E-state index contributed by atoms with van der Waals surface area (Å²) in [5, 5.41) is 11.3. The molecule has 0 spiro atoms. The van der Waals surface area contributed by atoms with E-state index in [9.17, 15) is 9.90 Å². The van der Waals surface area contributed by atoms with Crippen molar-refractivity contribution >= 4 is 27.8 Å². The van der Waals surface area contributed by atoms with Gasteiger partial charge in [-0.15, -0.1) is 0 Å². The van der Waals surface area contributed by atoms with Crippen LogP contribution in [-0.4, -0.2) is 20.6 Å². The summed E-state index contributed by atoms with van der Waals surface area (Å²) in [6.45, 7) is 1.98. The Balaban J connectivity index is 2.10. The van der Waals surface area contributed by atoms with E-state index in [0.29, 0.717) is 0 Å². The Morgan fingerprint density at radius 2 is 1.75 bits per heavy atom. The highest BCUT2D eigenvalue weighted by Gasteiger charge is 2.18. The second kappa shape index (κ2) is 5.49. The van der Waals surface area contributed by atoms with E-state index in [4.69, 9.17) is 0 Å². The first-order chi connectivity index (χ1) is 11.7. The zero-order valence-electron chi connectivity index (χ0n) is 13.2. The van der Waals surface area contributed by atoms with Gasteiger partial charge in [-0.05, 0) is 30.7 Å². The number of para-hydroxylation sites is 2. The van der Waals surface area contributed by atoms with E-state index in [2.05, 4.69) is 9.55 Å². The van der Waals surface area contributed by atoms with Crippen molar-refractivity contribution in [2.24, 2.45) is 0 Å². The van der Waals surface area contributed by atoms with Crippen LogP contribution in [-0.2, 0) is 11.2 Å². The second-order valence-corrected chi connectivity index (χ2v) is 5.83. The monoisotopic (exact) mass is 316 g/mol. The fourth-order valence-electron chi connectivity index (χ4n) is 3.39. The topological polar surface area (TPSA) is 55.1 Å². The molecule has 24 heavy (non-hydrogen) atoms. The molecule has 2 aromatic heterocycles. The number of carboxylic acid groups (broad SMARTS) is 1. The molecule has 2 aromatic carbocycles. The number of carboxylic acids is 1. The van der Waals surface area contributed by atoms with Crippen molar-refractivity contribution in [2.45, 2.75) is 13.3 Å². The lowest BCUT2D eigenvalue weighted by molar-refractivity contribution is -0.136. The molecule has 0 saturated heterocycles. The highest BCUT2D eigenvalue weighted by Crippen LogP contribution is 2.32. The van der Waals surface area contributed by atoms with Crippen LogP contribution in [0.3, 0.4) is 0 Å². The lowest BCUT2D eigenvalue weighted by atomic mass is 10.1. The van der Waals surface area contributed by atoms with Gasteiger partial charge in [0.2, 0.25) is 0 Å². The van der Waals surface area contributed by atoms with Gasteiger partial charge in [-0.25, -0.2) is 0 Å². The molecule has 0 bridgehead atoms. The van der Waals surface area contributed by atoms with Crippen LogP contribution in [0.4, 0.5) is 0 Å². The molecular weight excluding hydrogens is 300 g/mol. The van der Waals surface area contributed by atoms with E-state index in [0.717, 1.165) is 38.8 Å². The van der Waals surface area contributed by atoms with Gasteiger partial charge in [0, 0.05) is 22.7 Å². The van der Waals surface area contributed by atoms with Gasteiger partial charge in [-0.2, -0.15) is 0 Å². The van der Waals surface area contributed by atoms with Crippen molar-refractivity contribution in [3.05, 3.63) is 72.1 Å². The SMILES string of the molecule is Cc1c(CC(=O)O)c2ccccc2n1-c1ccnc2ccccc12. The maximum Gasteiger partial charge on any atom is 0.307 e. The van der Waals surface area contributed by atoms with Crippen LogP contribution in [0.1, 0.15) is 11.3 Å². The average Bonchev–Trinajstić information content (AvgIpc) is 2.86. The minimum absolute atomic E-state index is 0.0162. The lowest BCUT2D eigenvalue weighted by Crippen LogP contribution is -2.03. The molecule has 0 radical (unpaired) electrons. The molecular formula is C20H16N2O2. The van der Waals surface area contributed by atoms with Crippen molar-refractivity contribution in [3.63, 3.8) is 0 Å². The van der Waals surface area contributed by atoms with Crippen molar-refractivity contribution in [3.8, 4) is 5.69 Å². The van der Waals surface area contributed by atoms with E-state index in [-0.39, 0.29) is 6.42 Å². The van der Waals surface area contributed by atoms with Gasteiger partial charge in [-0.3, -0.25) is 9.78 Å². The van der Waals surface area contributed by atoms with Gasteiger partial charge in [0.1, 0.15) is 0 Å². The second-order valence-electron chi connectivity index (χ2n) is 5.83. The van der Waals surface area contributed by atoms with Gasteiger partial charge in [-0.1, -0.05) is 36.4 Å². The number of fused-ring (bicyclic) bond motifs is 2. The first-order valence-corrected chi connectivity index (χ1v) is 7.81. The normalized spacial score (nSPS) is 11.2. The Morgan fingerprint density at radius 3 is 2.54 bits per heavy atom. The van der Waals surface area contributed by atoms with Gasteiger partial charge >= 0.3 is 5.97 Å². The molecule has 0 amide bonds. The number of carbonyl (C=O) groups is 1. The molecule has 4 rings (SSSR count). The summed E-state index contributed by atoms with van der Waals surface area (Å²) in [6.07, 6.45) is 1.81. The molecule has 0 aliphatic carbocycles. The van der Waals surface area contributed by atoms with Crippen LogP contribution in [0.2, 0.25) is 0 Å². The van der Waals surface area contributed by atoms with E-state index >= 15 is 0 Å². The number of pyridine rings is 1. The number of benzene rings is 2.